The summed E-state index contributed by atoms with van der Waals surface area (Å²) in [5.41, 5.74) is 5.83. The molecule has 1 atom stereocenters. The molecule has 0 radical (unpaired) electrons. The number of ketones is 1. The summed E-state index contributed by atoms with van der Waals surface area (Å²) in [6.45, 7) is 5.23. The average molecular weight is 433 g/mol. The topological polar surface area (TPSA) is 70.4 Å². The molecule has 0 unspecified atom stereocenters. The lowest BCUT2D eigenvalue weighted by Gasteiger charge is -2.15. The van der Waals surface area contributed by atoms with Crippen molar-refractivity contribution >= 4 is 22.7 Å². The first-order chi connectivity index (χ1) is 15.5. The first kappa shape index (κ1) is 20.9. The van der Waals surface area contributed by atoms with Crippen LogP contribution < -0.4 is 0 Å². The fourth-order valence-corrected chi connectivity index (χ4v) is 5.08. The number of benzene rings is 1. The number of nitrogens with zero attached hydrogens (tertiary/aromatic N) is 2. The molecule has 0 spiro atoms. The van der Waals surface area contributed by atoms with E-state index < -0.39 is 5.97 Å². The van der Waals surface area contributed by atoms with Crippen molar-refractivity contribution in [2.45, 2.75) is 58.6 Å². The number of aromatic nitrogens is 2. The predicted octanol–water partition coefficient (Wildman–Crippen LogP) is 4.36. The first-order valence-electron chi connectivity index (χ1n) is 11.4. The van der Waals surface area contributed by atoms with Crippen LogP contribution in [-0.2, 0) is 28.9 Å². The molecule has 0 saturated carbocycles. The van der Waals surface area contributed by atoms with E-state index in [1.54, 1.807) is 0 Å². The van der Waals surface area contributed by atoms with Gasteiger partial charge in [0, 0.05) is 41.2 Å². The standard InChI is InChI=1S/C26H28N2O4/c1-16-13-21(17(2)28(16)14-18-7-6-12-31-18)24(29)15-32-26(30)25-19-8-3-4-10-22(19)27-23-11-5-9-20(23)25/h3-4,8,10,13,18H,5-7,9,11-12,14-15H2,1-2H3/t18-/m0/s1. The maximum Gasteiger partial charge on any atom is 0.339 e. The summed E-state index contributed by atoms with van der Waals surface area (Å²) >= 11 is 0. The van der Waals surface area contributed by atoms with Gasteiger partial charge in [0.15, 0.2) is 6.61 Å². The molecule has 3 heterocycles. The summed E-state index contributed by atoms with van der Waals surface area (Å²) < 4.78 is 13.5. The van der Waals surface area contributed by atoms with E-state index in [9.17, 15) is 9.59 Å². The number of fused-ring (bicyclic) bond motifs is 2. The molecule has 1 aliphatic carbocycles. The number of pyridine rings is 1. The Morgan fingerprint density at radius 2 is 2.03 bits per heavy atom. The highest BCUT2D eigenvalue weighted by molar-refractivity contribution is 6.06. The van der Waals surface area contributed by atoms with Crippen LogP contribution in [0.1, 0.15) is 62.6 Å². The molecule has 3 aromatic rings. The summed E-state index contributed by atoms with van der Waals surface area (Å²) in [4.78, 5) is 30.8. The number of aryl methyl sites for hydroxylation is 2. The van der Waals surface area contributed by atoms with E-state index in [-0.39, 0.29) is 18.5 Å². The second kappa shape index (κ2) is 8.51. The van der Waals surface area contributed by atoms with Crippen molar-refractivity contribution in [3.8, 4) is 0 Å². The third-order valence-electron chi connectivity index (χ3n) is 6.74. The van der Waals surface area contributed by atoms with Gasteiger partial charge in [0.05, 0.1) is 17.2 Å². The molecule has 32 heavy (non-hydrogen) atoms. The molecule has 2 aromatic heterocycles. The van der Waals surface area contributed by atoms with Crippen molar-refractivity contribution in [1.29, 1.82) is 0 Å². The number of Topliss-reactive ketones (excluding diaryl/α,β-unsaturated/α-hetero) is 1. The summed E-state index contributed by atoms with van der Waals surface area (Å²) in [5, 5.41) is 0.792. The van der Waals surface area contributed by atoms with Gasteiger partial charge >= 0.3 is 5.97 Å². The van der Waals surface area contributed by atoms with E-state index in [4.69, 9.17) is 14.5 Å². The van der Waals surface area contributed by atoms with Crippen molar-refractivity contribution in [3.05, 3.63) is 64.1 Å². The number of hydrogen-bond donors (Lipinski definition) is 0. The van der Waals surface area contributed by atoms with Crippen LogP contribution in [0.4, 0.5) is 0 Å². The zero-order chi connectivity index (χ0) is 22.2. The Kier molecular flexibility index (Phi) is 5.55. The molecular weight excluding hydrogens is 404 g/mol. The number of hydrogen-bond acceptors (Lipinski definition) is 5. The Labute approximate surface area is 187 Å². The molecule has 1 fully saturated rings. The van der Waals surface area contributed by atoms with Gasteiger partial charge in [0.2, 0.25) is 5.78 Å². The monoisotopic (exact) mass is 432 g/mol. The molecule has 1 aromatic carbocycles. The highest BCUT2D eigenvalue weighted by atomic mass is 16.5. The van der Waals surface area contributed by atoms with Gasteiger partial charge in [-0.15, -0.1) is 0 Å². The highest BCUT2D eigenvalue weighted by Crippen LogP contribution is 2.30. The van der Waals surface area contributed by atoms with Gasteiger partial charge in [-0.05, 0) is 63.6 Å². The minimum Gasteiger partial charge on any atom is -0.454 e. The smallest absolute Gasteiger partial charge is 0.339 e. The minimum absolute atomic E-state index is 0.181. The van der Waals surface area contributed by atoms with Crippen molar-refractivity contribution in [3.63, 3.8) is 0 Å². The van der Waals surface area contributed by atoms with Gasteiger partial charge in [-0.1, -0.05) is 18.2 Å². The van der Waals surface area contributed by atoms with Crippen LogP contribution in [0.2, 0.25) is 0 Å². The van der Waals surface area contributed by atoms with Crippen LogP contribution in [0, 0.1) is 13.8 Å². The molecule has 1 saturated heterocycles. The number of carbonyl (C=O) groups excluding carboxylic acids is 2. The summed E-state index contributed by atoms with van der Waals surface area (Å²) in [7, 11) is 0. The van der Waals surface area contributed by atoms with E-state index >= 15 is 0 Å². The molecule has 0 N–H and O–H groups in total. The normalized spacial score (nSPS) is 17.6. The third-order valence-corrected chi connectivity index (χ3v) is 6.74. The lowest BCUT2D eigenvalue weighted by Crippen LogP contribution is -2.19. The molecule has 0 bridgehead atoms. The van der Waals surface area contributed by atoms with Gasteiger partial charge in [-0.2, -0.15) is 0 Å². The van der Waals surface area contributed by atoms with Crippen molar-refractivity contribution in [2.75, 3.05) is 13.2 Å². The zero-order valence-corrected chi connectivity index (χ0v) is 18.6. The second-order valence-corrected chi connectivity index (χ2v) is 8.81. The molecule has 0 amide bonds. The number of carbonyl (C=O) groups is 2. The van der Waals surface area contributed by atoms with Gasteiger partial charge in [0.25, 0.3) is 0 Å². The lowest BCUT2D eigenvalue weighted by atomic mass is 10.0. The Morgan fingerprint density at radius 3 is 2.84 bits per heavy atom. The molecular formula is C26H28N2O4. The van der Waals surface area contributed by atoms with Gasteiger partial charge in [0.1, 0.15) is 0 Å². The van der Waals surface area contributed by atoms with E-state index in [0.29, 0.717) is 11.1 Å². The first-order valence-corrected chi connectivity index (χ1v) is 11.4. The van der Waals surface area contributed by atoms with Crippen molar-refractivity contribution in [1.82, 2.24) is 9.55 Å². The Hall–Kier alpha value is -2.99. The minimum atomic E-state index is -0.441. The van der Waals surface area contributed by atoms with Crippen LogP contribution in [0.3, 0.4) is 0 Å². The summed E-state index contributed by atoms with van der Waals surface area (Å²) in [6, 6.07) is 9.52. The summed E-state index contributed by atoms with van der Waals surface area (Å²) in [6.07, 6.45) is 4.99. The van der Waals surface area contributed by atoms with Crippen LogP contribution in [0.25, 0.3) is 10.9 Å². The number of rotatable bonds is 6. The Bertz CT molecular complexity index is 1200. The SMILES string of the molecule is Cc1cc(C(=O)COC(=O)c2c3c(nc4ccccc24)CCC3)c(C)n1C[C@@H]1CCCO1. The number of ether oxygens (including phenoxy) is 2. The van der Waals surface area contributed by atoms with Gasteiger partial charge < -0.3 is 14.0 Å². The fraction of sp³-hybridized carbons (Fsp3) is 0.423. The Morgan fingerprint density at radius 1 is 1.19 bits per heavy atom. The fourth-order valence-electron chi connectivity index (χ4n) is 5.08. The second-order valence-electron chi connectivity index (χ2n) is 8.81. The van der Waals surface area contributed by atoms with Crippen LogP contribution in [-0.4, -0.2) is 40.6 Å². The van der Waals surface area contributed by atoms with Crippen LogP contribution in [0.5, 0.6) is 0 Å². The molecule has 5 rings (SSSR count). The van der Waals surface area contributed by atoms with Crippen LogP contribution >= 0.6 is 0 Å². The molecule has 6 nitrogen and oxygen atoms in total. The van der Waals surface area contributed by atoms with E-state index in [1.165, 1.54) is 0 Å². The maximum absolute atomic E-state index is 13.1. The van der Waals surface area contributed by atoms with E-state index in [1.807, 2.05) is 44.2 Å². The van der Waals surface area contributed by atoms with E-state index in [2.05, 4.69) is 4.57 Å². The molecule has 2 aliphatic rings. The molecule has 1 aliphatic heterocycles. The quantitative estimate of drug-likeness (QED) is 0.428. The van der Waals surface area contributed by atoms with Gasteiger partial charge in [-0.3, -0.25) is 9.78 Å². The maximum atomic E-state index is 13.1. The van der Waals surface area contributed by atoms with E-state index in [0.717, 1.165) is 78.8 Å². The largest absolute Gasteiger partial charge is 0.454 e. The van der Waals surface area contributed by atoms with Crippen molar-refractivity contribution in [2.24, 2.45) is 0 Å². The zero-order valence-electron chi connectivity index (χ0n) is 18.6. The lowest BCUT2D eigenvalue weighted by molar-refractivity contribution is 0.0475. The average Bonchev–Trinajstić information content (AvgIpc) is 3.53. The summed E-state index contributed by atoms with van der Waals surface area (Å²) in [5.74, 6) is -0.622. The number of para-hydroxylation sites is 1. The molecule has 6 heteroatoms. The third kappa shape index (κ3) is 3.73. The number of esters is 1. The molecule has 166 valence electrons. The Balaban J connectivity index is 1.35. The van der Waals surface area contributed by atoms with Crippen molar-refractivity contribution < 1.29 is 19.1 Å². The predicted molar refractivity (Wildman–Crippen MR) is 121 cm³/mol. The van der Waals surface area contributed by atoms with Gasteiger partial charge in [-0.25, -0.2) is 4.79 Å². The van der Waals surface area contributed by atoms with Crippen LogP contribution in [0.15, 0.2) is 30.3 Å². The highest BCUT2D eigenvalue weighted by Gasteiger charge is 2.26.